The lowest BCUT2D eigenvalue weighted by Gasteiger charge is -2.63. The number of nitrogens with zero attached hydrogens (tertiary/aromatic N) is 1. The lowest BCUT2D eigenvalue weighted by atomic mass is 9.46. The first-order valence-electron chi connectivity index (χ1n) is 8.44. The first-order chi connectivity index (χ1) is 9.74. The molecule has 1 saturated heterocycles. The van der Waals surface area contributed by atoms with E-state index in [9.17, 15) is 0 Å². The molecule has 0 bridgehead atoms. The molecule has 5 unspecified atom stereocenters. The Morgan fingerprint density at radius 1 is 1.35 bits per heavy atom. The van der Waals surface area contributed by atoms with Gasteiger partial charge >= 0.3 is 0 Å². The molecule has 0 amide bonds. The number of guanidine groups is 1. The quantitative estimate of drug-likeness (QED) is 0.612. The number of ether oxygens (including phenoxy) is 1. The van der Waals surface area contributed by atoms with Gasteiger partial charge in [-0.2, -0.15) is 0 Å². The predicted octanol–water partition coefficient (Wildman–Crippen LogP) is 1.91. The maximum absolute atomic E-state index is 5.99. The average Bonchev–Trinajstić information content (AvgIpc) is 2.87. The van der Waals surface area contributed by atoms with E-state index in [0.29, 0.717) is 23.6 Å². The van der Waals surface area contributed by atoms with Crippen molar-refractivity contribution in [2.24, 2.45) is 22.2 Å². The van der Waals surface area contributed by atoms with Crippen molar-refractivity contribution in [3.8, 4) is 0 Å². The summed E-state index contributed by atoms with van der Waals surface area (Å²) in [7, 11) is 0. The summed E-state index contributed by atoms with van der Waals surface area (Å²) >= 11 is 0. The van der Waals surface area contributed by atoms with Crippen molar-refractivity contribution in [2.45, 2.75) is 64.1 Å². The van der Waals surface area contributed by atoms with Gasteiger partial charge in [-0.15, -0.1) is 0 Å². The maximum Gasteiger partial charge on any atom is 0.191 e. The van der Waals surface area contributed by atoms with Crippen LogP contribution < -0.4 is 10.6 Å². The second kappa shape index (κ2) is 4.62. The lowest BCUT2D eigenvalue weighted by Crippen LogP contribution is -2.72. The van der Waals surface area contributed by atoms with Crippen molar-refractivity contribution in [1.29, 1.82) is 0 Å². The minimum Gasteiger partial charge on any atom is -0.377 e. The minimum atomic E-state index is 0.437. The van der Waals surface area contributed by atoms with Crippen LogP contribution in [0.25, 0.3) is 0 Å². The van der Waals surface area contributed by atoms with Crippen LogP contribution in [-0.2, 0) is 4.74 Å². The molecule has 3 aliphatic carbocycles. The fraction of sp³-hybridized carbons (Fsp3) is 0.938. The number of fused-ring (bicyclic) bond motifs is 2. The molecule has 0 radical (unpaired) electrons. The molecule has 1 heterocycles. The van der Waals surface area contributed by atoms with Gasteiger partial charge in [0.2, 0.25) is 0 Å². The molecule has 2 N–H and O–H groups in total. The van der Waals surface area contributed by atoms with E-state index in [-0.39, 0.29) is 0 Å². The first-order valence-corrected chi connectivity index (χ1v) is 8.44. The minimum absolute atomic E-state index is 0.437. The van der Waals surface area contributed by atoms with Crippen molar-refractivity contribution in [3.05, 3.63) is 0 Å². The summed E-state index contributed by atoms with van der Waals surface area (Å²) in [5.74, 6) is 2.57. The van der Waals surface area contributed by atoms with Crippen LogP contribution in [0.3, 0.4) is 0 Å². The van der Waals surface area contributed by atoms with Crippen molar-refractivity contribution in [2.75, 3.05) is 13.2 Å². The molecule has 0 aromatic heterocycles. The first kappa shape index (κ1) is 12.9. The summed E-state index contributed by atoms with van der Waals surface area (Å²) in [6.07, 6.45) is 7.10. The van der Waals surface area contributed by atoms with E-state index >= 15 is 0 Å². The summed E-state index contributed by atoms with van der Waals surface area (Å²) in [5.41, 5.74) is 0.437. The standard InChI is InChI=1S/C16H27N3O/c1-3-17-15(18-12-9-10(12)2)19-13-11-5-8-20-14(11)16(13)6-4-7-16/h10-14H,3-9H2,1-2H3,(H2,17,18,19). The highest BCUT2D eigenvalue weighted by molar-refractivity contribution is 5.81. The van der Waals surface area contributed by atoms with Crippen LogP contribution in [0.2, 0.25) is 0 Å². The number of hydrogen-bond donors (Lipinski definition) is 2. The molecule has 4 heteroatoms. The van der Waals surface area contributed by atoms with E-state index in [1.165, 1.54) is 32.1 Å². The van der Waals surface area contributed by atoms with Gasteiger partial charge in [0.25, 0.3) is 0 Å². The van der Waals surface area contributed by atoms with E-state index in [1.54, 1.807) is 0 Å². The van der Waals surface area contributed by atoms with Gasteiger partial charge in [-0.1, -0.05) is 13.3 Å². The molecule has 4 rings (SSSR count). The van der Waals surface area contributed by atoms with Gasteiger partial charge < -0.3 is 15.4 Å². The third kappa shape index (κ3) is 1.80. The molecule has 0 aromatic rings. The SMILES string of the molecule is CCN=C(NC1CC1C)NC1C2CCOC2C12CCC2. The molecule has 112 valence electrons. The maximum atomic E-state index is 5.99. The molecule has 5 atom stereocenters. The zero-order valence-corrected chi connectivity index (χ0v) is 12.7. The molecular formula is C16H27N3O. The second-order valence-corrected chi connectivity index (χ2v) is 7.24. The van der Waals surface area contributed by atoms with Gasteiger partial charge in [-0.25, -0.2) is 0 Å². The summed E-state index contributed by atoms with van der Waals surface area (Å²) < 4.78 is 5.99. The van der Waals surface area contributed by atoms with Crippen molar-refractivity contribution in [3.63, 3.8) is 0 Å². The van der Waals surface area contributed by atoms with Crippen LogP contribution in [0.1, 0.15) is 46.0 Å². The Morgan fingerprint density at radius 2 is 2.15 bits per heavy atom. The van der Waals surface area contributed by atoms with Gasteiger partial charge in [0.1, 0.15) is 0 Å². The molecule has 4 nitrogen and oxygen atoms in total. The summed E-state index contributed by atoms with van der Waals surface area (Å²) in [5, 5.41) is 7.37. The van der Waals surface area contributed by atoms with Crippen LogP contribution in [0.5, 0.6) is 0 Å². The van der Waals surface area contributed by atoms with Gasteiger partial charge in [-0.05, 0) is 38.5 Å². The van der Waals surface area contributed by atoms with Crippen LogP contribution in [0.4, 0.5) is 0 Å². The third-order valence-corrected chi connectivity index (χ3v) is 6.08. The summed E-state index contributed by atoms with van der Waals surface area (Å²) in [4.78, 5) is 4.65. The van der Waals surface area contributed by atoms with Crippen LogP contribution >= 0.6 is 0 Å². The third-order valence-electron chi connectivity index (χ3n) is 6.08. The zero-order chi connectivity index (χ0) is 13.7. The predicted molar refractivity (Wildman–Crippen MR) is 79.7 cm³/mol. The van der Waals surface area contributed by atoms with Gasteiger partial charge in [-0.3, -0.25) is 4.99 Å². The van der Waals surface area contributed by atoms with Gasteiger partial charge in [0.15, 0.2) is 5.96 Å². The van der Waals surface area contributed by atoms with Crippen molar-refractivity contribution in [1.82, 2.24) is 10.6 Å². The largest absolute Gasteiger partial charge is 0.377 e. The fourth-order valence-corrected chi connectivity index (χ4v) is 4.59. The Labute approximate surface area is 121 Å². The highest BCUT2D eigenvalue weighted by atomic mass is 16.5. The molecule has 20 heavy (non-hydrogen) atoms. The zero-order valence-electron chi connectivity index (χ0n) is 12.7. The molecular weight excluding hydrogens is 250 g/mol. The molecule has 0 aromatic carbocycles. The lowest BCUT2D eigenvalue weighted by molar-refractivity contribution is -0.171. The van der Waals surface area contributed by atoms with Crippen molar-refractivity contribution < 1.29 is 4.74 Å². The molecule has 4 fully saturated rings. The van der Waals surface area contributed by atoms with Crippen LogP contribution in [0, 0.1) is 17.3 Å². The number of hydrogen-bond acceptors (Lipinski definition) is 2. The Kier molecular flexibility index (Phi) is 2.99. The Morgan fingerprint density at radius 3 is 2.75 bits per heavy atom. The topological polar surface area (TPSA) is 45.7 Å². The molecule has 1 spiro atoms. The summed E-state index contributed by atoms with van der Waals surface area (Å²) in [6.45, 7) is 6.23. The van der Waals surface area contributed by atoms with Crippen LogP contribution in [0.15, 0.2) is 4.99 Å². The normalized spacial score (nSPS) is 44.5. The van der Waals surface area contributed by atoms with E-state index in [2.05, 4.69) is 29.5 Å². The molecule has 4 aliphatic rings. The number of rotatable bonds is 3. The Bertz CT molecular complexity index is 418. The van der Waals surface area contributed by atoms with E-state index in [1.807, 2.05) is 0 Å². The average molecular weight is 277 g/mol. The van der Waals surface area contributed by atoms with Crippen molar-refractivity contribution >= 4 is 5.96 Å². The summed E-state index contributed by atoms with van der Waals surface area (Å²) in [6, 6.07) is 1.23. The van der Waals surface area contributed by atoms with E-state index in [4.69, 9.17) is 4.74 Å². The van der Waals surface area contributed by atoms with Gasteiger partial charge in [0, 0.05) is 36.6 Å². The fourth-order valence-electron chi connectivity index (χ4n) is 4.59. The van der Waals surface area contributed by atoms with E-state index in [0.717, 1.165) is 30.9 Å². The molecule has 3 saturated carbocycles. The number of nitrogens with one attached hydrogen (secondary N) is 2. The van der Waals surface area contributed by atoms with Gasteiger partial charge in [0.05, 0.1) is 6.10 Å². The second-order valence-electron chi connectivity index (χ2n) is 7.24. The number of aliphatic imine (C=N–C) groups is 1. The monoisotopic (exact) mass is 277 g/mol. The highest BCUT2D eigenvalue weighted by Gasteiger charge is 2.66. The smallest absolute Gasteiger partial charge is 0.191 e. The van der Waals surface area contributed by atoms with Crippen LogP contribution in [-0.4, -0.2) is 37.3 Å². The highest BCUT2D eigenvalue weighted by Crippen LogP contribution is 2.62. The Hall–Kier alpha value is -0.770. The van der Waals surface area contributed by atoms with E-state index < -0.39 is 0 Å². The molecule has 1 aliphatic heterocycles. The Balaban J connectivity index is 1.44.